The van der Waals surface area contributed by atoms with Crippen LogP contribution in [0.3, 0.4) is 0 Å². The quantitative estimate of drug-likeness (QED) is 0.907. The van der Waals surface area contributed by atoms with E-state index in [1.807, 2.05) is 35.1 Å². The molecule has 4 unspecified atom stereocenters. The van der Waals surface area contributed by atoms with Crippen LogP contribution >= 0.6 is 39.5 Å². The highest BCUT2D eigenvalue weighted by molar-refractivity contribution is 9.10. The summed E-state index contributed by atoms with van der Waals surface area (Å²) in [5, 5.41) is 16.4. The maximum absolute atomic E-state index is 10.6. The Balaban J connectivity index is 2.16. The second-order valence-electron chi connectivity index (χ2n) is 4.56. The number of thioether (sulfide) groups is 2. The topological polar surface area (TPSA) is 38.0 Å². The molecular formula is C12H19BrN2OS2. The van der Waals surface area contributed by atoms with E-state index >= 15 is 0 Å². The monoisotopic (exact) mass is 350 g/mol. The van der Waals surface area contributed by atoms with Crippen molar-refractivity contribution in [2.45, 2.75) is 49.2 Å². The summed E-state index contributed by atoms with van der Waals surface area (Å²) in [6, 6.07) is 0. The molecule has 0 spiro atoms. The second kappa shape index (κ2) is 6.20. The number of halogens is 1. The van der Waals surface area contributed by atoms with Crippen LogP contribution in [-0.2, 0) is 6.54 Å². The van der Waals surface area contributed by atoms with Gasteiger partial charge in [-0.15, -0.1) is 0 Å². The molecule has 0 aromatic carbocycles. The highest BCUT2D eigenvalue weighted by atomic mass is 79.9. The highest BCUT2D eigenvalue weighted by Crippen LogP contribution is 2.42. The van der Waals surface area contributed by atoms with Crippen LogP contribution in [0, 0.1) is 0 Å². The van der Waals surface area contributed by atoms with Crippen LogP contribution < -0.4 is 0 Å². The molecule has 1 saturated heterocycles. The molecule has 102 valence electrons. The molecule has 6 heteroatoms. The molecule has 0 aliphatic carbocycles. The summed E-state index contributed by atoms with van der Waals surface area (Å²) in [6.07, 6.45) is 1.32. The first-order valence-corrected chi connectivity index (χ1v) is 8.99. The zero-order valence-electron chi connectivity index (χ0n) is 10.8. The molecule has 3 nitrogen and oxygen atoms in total. The van der Waals surface area contributed by atoms with E-state index in [0.717, 1.165) is 22.5 Å². The Kier molecular flexibility index (Phi) is 5.08. The number of hydrogen-bond donors (Lipinski definition) is 1. The van der Waals surface area contributed by atoms with Crippen LogP contribution in [0.2, 0.25) is 0 Å². The van der Waals surface area contributed by atoms with E-state index in [2.05, 4.69) is 34.9 Å². The van der Waals surface area contributed by atoms with Gasteiger partial charge in [-0.05, 0) is 22.9 Å². The molecule has 1 aromatic rings. The zero-order valence-corrected chi connectivity index (χ0v) is 14.1. The van der Waals surface area contributed by atoms with Crippen LogP contribution in [0.15, 0.2) is 10.7 Å². The lowest BCUT2D eigenvalue weighted by Crippen LogP contribution is -2.31. The van der Waals surface area contributed by atoms with Gasteiger partial charge in [-0.3, -0.25) is 4.68 Å². The molecule has 1 N–H and O–H groups in total. The SMILES string of the molecule is CCn1ncc(Br)c1C(O)C1CSC(C)C(C)S1. The third kappa shape index (κ3) is 2.92. The van der Waals surface area contributed by atoms with E-state index in [0.29, 0.717) is 10.5 Å². The maximum atomic E-state index is 10.6. The van der Waals surface area contributed by atoms with Gasteiger partial charge in [0, 0.05) is 28.0 Å². The van der Waals surface area contributed by atoms with Gasteiger partial charge in [0.05, 0.1) is 16.4 Å². The van der Waals surface area contributed by atoms with Crippen LogP contribution in [0.4, 0.5) is 0 Å². The second-order valence-corrected chi connectivity index (χ2v) is 8.44. The van der Waals surface area contributed by atoms with Crippen molar-refractivity contribution in [3.8, 4) is 0 Å². The molecule has 1 fully saturated rings. The van der Waals surface area contributed by atoms with E-state index in [9.17, 15) is 5.11 Å². The Morgan fingerprint density at radius 1 is 1.56 bits per heavy atom. The fraction of sp³-hybridized carbons (Fsp3) is 0.750. The van der Waals surface area contributed by atoms with Crippen LogP contribution in [-0.4, -0.2) is 36.4 Å². The van der Waals surface area contributed by atoms with Gasteiger partial charge < -0.3 is 5.11 Å². The summed E-state index contributed by atoms with van der Waals surface area (Å²) in [5.74, 6) is 0.999. The Labute approximate surface area is 125 Å². The largest absolute Gasteiger partial charge is 0.386 e. The average molecular weight is 351 g/mol. The van der Waals surface area contributed by atoms with Crippen molar-refractivity contribution < 1.29 is 5.11 Å². The molecule has 0 radical (unpaired) electrons. The fourth-order valence-corrected chi connectivity index (χ4v) is 5.57. The van der Waals surface area contributed by atoms with Crippen molar-refractivity contribution in [3.05, 3.63) is 16.4 Å². The molecule has 18 heavy (non-hydrogen) atoms. The zero-order chi connectivity index (χ0) is 13.3. The Morgan fingerprint density at radius 2 is 2.28 bits per heavy atom. The lowest BCUT2D eigenvalue weighted by atomic mass is 10.2. The summed E-state index contributed by atoms with van der Waals surface area (Å²) in [6.45, 7) is 7.34. The summed E-state index contributed by atoms with van der Waals surface area (Å²) < 4.78 is 2.79. The standard InChI is InChI=1S/C12H19BrN2OS2/c1-4-15-11(9(13)5-14-15)12(16)10-6-17-7(2)8(3)18-10/h5,7-8,10,12,16H,4,6H2,1-3H3. The Bertz CT molecular complexity index is 413. The third-order valence-electron chi connectivity index (χ3n) is 3.34. The van der Waals surface area contributed by atoms with Gasteiger partial charge in [-0.2, -0.15) is 28.6 Å². The predicted molar refractivity (Wildman–Crippen MR) is 83.3 cm³/mol. The number of aromatic nitrogens is 2. The van der Waals surface area contributed by atoms with E-state index in [4.69, 9.17) is 0 Å². The molecular weight excluding hydrogens is 332 g/mol. The van der Waals surface area contributed by atoms with Crippen LogP contribution in [0.1, 0.15) is 32.6 Å². The first-order valence-electron chi connectivity index (χ1n) is 6.21. The third-order valence-corrected chi connectivity index (χ3v) is 7.43. The number of hydrogen-bond acceptors (Lipinski definition) is 4. The fourth-order valence-electron chi connectivity index (χ4n) is 2.07. The van der Waals surface area contributed by atoms with Crippen molar-refractivity contribution in [1.82, 2.24) is 9.78 Å². The number of aliphatic hydroxyl groups is 1. The molecule has 2 rings (SSSR count). The Hall–Kier alpha value is 0.350. The van der Waals surface area contributed by atoms with Gasteiger partial charge in [0.2, 0.25) is 0 Å². The van der Waals surface area contributed by atoms with Crippen molar-refractivity contribution in [2.24, 2.45) is 0 Å². The molecule has 4 atom stereocenters. The molecule has 0 bridgehead atoms. The molecule has 1 aliphatic rings. The molecule has 1 aliphatic heterocycles. The molecule has 2 heterocycles. The van der Waals surface area contributed by atoms with Gasteiger partial charge >= 0.3 is 0 Å². The minimum absolute atomic E-state index is 0.250. The maximum Gasteiger partial charge on any atom is 0.109 e. The smallest absolute Gasteiger partial charge is 0.109 e. The normalized spacial score (nSPS) is 30.4. The number of aliphatic hydroxyl groups excluding tert-OH is 1. The summed E-state index contributed by atoms with van der Waals surface area (Å²) >= 11 is 7.34. The van der Waals surface area contributed by atoms with Gasteiger partial charge in [0.15, 0.2) is 0 Å². The first kappa shape index (κ1) is 14.8. The van der Waals surface area contributed by atoms with E-state index in [1.54, 1.807) is 6.20 Å². The van der Waals surface area contributed by atoms with Gasteiger partial charge in [-0.1, -0.05) is 13.8 Å². The summed E-state index contributed by atoms with van der Waals surface area (Å²) in [4.78, 5) is 0. The predicted octanol–water partition coefficient (Wildman–Crippen LogP) is 3.32. The number of rotatable bonds is 3. The highest BCUT2D eigenvalue weighted by Gasteiger charge is 2.33. The minimum Gasteiger partial charge on any atom is -0.386 e. The van der Waals surface area contributed by atoms with Crippen molar-refractivity contribution in [2.75, 3.05) is 5.75 Å². The molecule has 0 amide bonds. The van der Waals surface area contributed by atoms with Crippen molar-refractivity contribution in [3.63, 3.8) is 0 Å². The number of aryl methyl sites for hydroxylation is 1. The summed E-state index contributed by atoms with van der Waals surface area (Å²) in [5.41, 5.74) is 0.914. The first-order chi connectivity index (χ1) is 8.54. The minimum atomic E-state index is -0.450. The van der Waals surface area contributed by atoms with E-state index in [1.165, 1.54) is 0 Å². The molecule has 0 saturated carbocycles. The van der Waals surface area contributed by atoms with Crippen molar-refractivity contribution in [1.29, 1.82) is 0 Å². The Morgan fingerprint density at radius 3 is 2.89 bits per heavy atom. The van der Waals surface area contributed by atoms with Gasteiger partial charge in [0.1, 0.15) is 6.10 Å². The van der Waals surface area contributed by atoms with Crippen LogP contribution in [0.5, 0.6) is 0 Å². The number of nitrogens with zero attached hydrogens (tertiary/aromatic N) is 2. The lowest BCUT2D eigenvalue weighted by Gasteiger charge is -2.34. The summed E-state index contributed by atoms with van der Waals surface area (Å²) in [7, 11) is 0. The average Bonchev–Trinajstić information content (AvgIpc) is 2.73. The van der Waals surface area contributed by atoms with E-state index < -0.39 is 6.10 Å². The molecule has 1 aromatic heterocycles. The van der Waals surface area contributed by atoms with E-state index in [-0.39, 0.29) is 5.25 Å². The van der Waals surface area contributed by atoms with Gasteiger partial charge in [0.25, 0.3) is 0 Å². The lowest BCUT2D eigenvalue weighted by molar-refractivity contribution is 0.168. The van der Waals surface area contributed by atoms with Gasteiger partial charge in [-0.25, -0.2) is 0 Å². The van der Waals surface area contributed by atoms with Crippen molar-refractivity contribution >= 4 is 39.5 Å². The van der Waals surface area contributed by atoms with Crippen LogP contribution in [0.25, 0.3) is 0 Å².